The molecule has 0 amide bonds. The quantitative estimate of drug-likeness (QED) is 0.175. The molecule has 0 saturated carbocycles. The summed E-state index contributed by atoms with van der Waals surface area (Å²) in [4.78, 5) is 14.9. The molecule has 0 fully saturated rings. The van der Waals surface area contributed by atoms with Crippen LogP contribution in [0.15, 0.2) is 186 Å². The Kier molecular flexibility index (Phi) is 4.90. The van der Waals surface area contributed by atoms with Crippen LogP contribution in [0.1, 0.15) is 16.4 Å². The molecule has 0 aliphatic heterocycles. The van der Waals surface area contributed by atoms with Gasteiger partial charge in [-0.25, -0.2) is 15.0 Å². The first-order chi connectivity index (χ1) is 33.2. The highest BCUT2D eigenvalue weighted by atomic mass is 32.1. The summed E-state index contributed by atoms with van der Waals surface area (Å²) in [6.07, 6.45) is 0. The van der Waals surface area contributed by atoms with Crippen molar-refractivity contribution in [3.63, 3.8) is 0 Å². The van der Waals surface area contributed by atoms with Gasteiger partial charge in [0.2, 0.25) is 0 Å². The van der Waals surface area contributed by atoms with Crippen molar-refractivity contribution in [1.29, 1.82) is 0 Å². The van der Waals surface area contributed by atoms with E-state index in [2.05, 4.69) is 24.3 Å². The number of para-hydroxylation sites is 3. The molecule has 266 valence electrons. The maximum Gasteiger partial charge on any atom is 0.164 e. The van der Waals surface area contributed by atoms with Crippen LogP contribution in [0.5, 0.6) is 0 Å². The number of hydrogen-bond donors (Lipinski definition) is 0. The first-order valence-corrected chi connectivity index (χ1v) is 18.9. The Hall–Kier alpha value is -7.41. The number of fused-ring (bicyclic) bond motifs is 9. The van der Waals surface area contributed by atoms with E-state index in [1.165, 1.54) is 16.7 Å². The fourth-order valence-electron chi connectivity index (χ4n) is 7.63. The van der Waals surface area contributed by atoms with Gasteiger partial charge in [-0.15, -0.1) is 11.3 Å². The molecule has 6 heteroatoms. The Morgan fingerprint density at radius 2 is 1.16 bits per heavy atom. The summed E-state index contributed by atoms with van der Waals surface area (Å²) < 4.78 is 117. The highest BCUT2D eigenvalue weighted by Crippen LogP contribution is 2.43. The van der Waals surface area contributed by atoms with Gasteiger partial charge in [0.15, 0.2) is 23.1 Å². The maximum absolute atomic E-state index is 9.51. The topological polar surface area (TPSA) is 56.7 Å². The van der Waals surface area contributed by atoms with Gasteiger partial charge in [0.1, 0.15) is 5.58 Å². The normalized spacial score (nSPS) is 14.8. The van der Waals surface area contributed by atoms with Crippen molar-refractivity contribution in [2.75, 3.05) is 0 Å². The largest absolute Gasteiger partial charge is 0.454 e. The summed E-state index contributed by atoms with van der Waals surface area (Å²) in [6.45, 7) is 0. The zero-order valence-electron chi connectivity index (χ0n) is 41.5. The second-order valence-corrected chi connectivity index (χ2v) is 14.6. The average Bonchev–Trinajstić information content (AvgIpc) is 4.05. The summed E-state index contributed by atoms with van der Waals surface area (Å²) in [5, 5.41) is 1.85. The van der Waals surface area contributed by atoms with Crippen LogP contribution >= 0.6 is 11.3 Å². The van der Waals surface area contributed by atoms with Gasteiger partial charge in [-0.05, 0) is 59.6 Å². The van der Waals surface area contributed by atoms with Crippen molar-refractivity contribution in [1.82, 2.24) is 19.5 Å². The van der Waals surface area contributed by atoms with Crippen LogP contribution in [0.25, 0.3) is 115 Å². The summed E-state index contributed by atoms with van der Waals surface area (Å²) in [6, 6.07) is 28.3. The molecule has 0 aliphatic carbocycles. The molecule has 0 radical (unpaired) electrons. The number of aromatic nitrogens is 4. The molecule has 0 atom stereocenters. The van der Waals surface area contributed by atoms with E-state index < -0.39 is 66.5 Å². The summed E-state index contributed by atoms with van der Waals surface area (Å²) in [5.41, 5.74) is 2.67. The third-order valence-corrected chi connectivity index (χ3v) is 11.3. The lowest BCUT2D eigenvalue weighted by atomic mass is 9.97. The Labute approximate surface area is 347 Å². The van der Waals surface area contributed by atoms with Gasteiger partial charge in [-0.2, -0.15) is 0 Å². The van der Waals surface area contributed by atoms with Crippen LogP contribution in [0.2, 0.25) is 0 Å². The number of rotatable bonds is 5. The van der Waals surface area contributed by atoms with Gasteiger partial charge in [-0.1, -0.05) is 133 Å². The van der Waals surface area contributed by atoms with Gasteiger partial charge < -0.3 is 8.98 Å². The zero-order valence-corrected chi connectivity index (χ0v) is 30.3. The first kappa shape index (κ1) is 22.2. The van der Waals surface area contributed by atoms with Crippen LogP contribution in [0, 0.1) is 0 Å². The van der Waals surface area contributed by atoms with Crippen molar-refractivity contribution in [3.8, 4) is 51.0 Å². The molecule has 0 saturated heterocycles. The highest BCUT2D eigenvalue weighted by Gasteiger charge is 2.20. The monoisotopic (exact) mass is 758 g/mol. The number of hydrogen-bond acceptors (Lipinski definition) is 5. The zero-order chi connectivity index (χ0) is 47.9. The van der Waals surface area contributed by atoms with Crippen LogP contribution in [-0.4, -0.2) is 19.5 Å². The van der Waals surface area contributed by atoms with E-state index in [0.717, 1.165) is 31.3 Å². The predicted molar refractivity (Wildman–Crippen MR) is 236 cm³/mol. The first-order valence-electron chi connectivity index (χ1n) is 24.0. The van der Waals surface area contributed by atoms with E-state index in [1.807, 2.05) is 72.8 Å². The molecule has 12 rings (SSSR count). The molecule has 57 heavy (non-hydrogen) atoms. The van der Waals surface area contributed by atoms with Crippen molar-refractivity contribution >= 4 is 75.3 Å². The van der Waals surface area contributed by atoms with Gasteiger partial charge in [-0.3, -0.25) is 0 Å². The van der Waals surface area contributed by atoms with E-state index in [9.17, 15) is 4.11 Å². The summed E-state index contributed by atoms with van der Waals surface area (Å²) >= 11 is 1.65. The van der Waals surface area contributed by atoms with E-state index in [4.69, 9.17) is 31.7 Å². The van der Waals surface area contributed by atoms with Crippen LogP contribution < -0.4 is 0 Å². The molecule has 5 nitrogen and oxygen atoms in total. The second-order valence-electron chi connectivity index (χ2n) is 13.5. The van der Waals surface area contributed by atoms with Crippen molar-refractivity contribution in [3.05, 3.63) is 182 Å². The standard InChI is InChI=1S/C51H30N4OS/c1-3-14-31(15-4-1)40-28-34(30-46-47(40)39-20-9-12-25-45(39)57-46)51-53-49(32-16-5-2-6-17-32)52-50(54-51)33-26-27-37-38-21-13-24-43(48(38)56-44(37)29-33)55-41-22-10-7-18-35(41)36-19-8-11-23-42(36)55/h1-30H/i7D,8D,10D,11D,13D,18D,19D,21D,22D,24D,26D,27D. The van der Waals surface area contributed by atoms with Crippen LogP contribution in [0.4, 0.5) is 0 Å². The molecule has 0 bridgehead atoms. The minimum atomic E-state index is -0.626. The molecule has 8 aromatic carbocycles. The number of furan rings is 1. The van der Waals surface area contributed by atoms with Crippen molar-refractivity contribution < 1.29 is 20.9 Å². The third kappa shape index (κ3) is 5.04. The fourth-order valence-corrected chi connectivity index (χ4v) is 8.80. The molecule has 12 aromatic rings. The predicted octanol–water partition coefficient (Wildman–Crippen LogP) is 13.9. The van der Waals surface area contributed by atoms with Gasteiger partial charge in [0.05, 0.1) is 33.2 Å². The Morgan fingerprint density at radius 3 is 2.00 bits per heavy atom. The van der Waals surface area contributed by atoms with E-state index in [0.29, 0.717) is 22.8 Å². The van der Waals surface area contributed by atoms with Gasteiger partial charge >= 0.3 is 0 Å². The molecule has 0 aliphatic rings. The third-order valence-electron chi connectivity index (χ3n) is 10.2. The SMILES string of the molecule is [2H]c1cc2c(c([2H])c1[2H])c1c([2H])c([2H])c([2H])c([2H])c1n2-c1c([2H])c([2H])c([2H])c2c1oc1cc(-c3nc(-c4ccccc4)nc(-c4cc(-c5ccccc5)c5c(c4)sc4ccccc45)n3)c([2H])c([2H])c12. The lowest BCUT2D eigenvalue weighted by Gasteiger charge is -2.11. The molecular weight excluding hydrogens is 717 g/mol. The molecule has 4 heterocycles. The van der Waals surface area contributed by atoms with E-state index in [-0.39, 0.29) is 66.9 Å². The molecule has 0 spiro atoms. The van der Waals surface area contributed by atoms with Crippen molar-refractivity contribution in [2.45, 2.75) is 0 Å². The minimum absolute atomic E-state index is 0.0273. The van der Waals surface area contributed by atoms with Crippen LogP contribution in [-0.2, 0) is 0 Å². The minimum Gasteiger partial charge on any atom is -0.454 e. The molecule has 0 N–H and O–H groups in total. The summed E-state index contributed by atoms with van der Waals surface area (Å²) in [5.74, 6) is 0.641. The number of nitrogens with zero attached hydrogens (tertiary/aromatic N) is 4. The number of thiophene rings is 1. The Morgan fingerprint density at radius 1 is 0.474 bits per heavy atom. The average molecular weight is 759 g/mol. The number of benzene rings is 8. The van der Waals surface area contributed by atoms with Crippen molar-refractivity contribution in [2.24, 2.45) is 0 Å². The maximum atomic E-state index is 9.51. The molecule has 4 aromatic heterocycles. The highest BCUT2D eigenvalue weighted by molar-refractivity contribution is 7.26. The Balaban J connectivity index is 1.14. The molecule has 0 unspecified atom stereocenters. The smallest absolute Gasteiger partial charge is 0.164 e. The summed E-state index contributed by atoms with van der Waals surface area (Å²) in [7, 11) is 0. The molecular formula is C51H30N4OS. The lowest BCUT2D eigenvalue weighted by Crippen LogP contribution is -2.00. The van der Waals surface area contributed by atoms with Gasteiger partial charge in [0, 0.05) is 58.4 Å². The van der Waals surface area contributed by atoms with Crippen LogP contribution in [0.3, 0.4) is 0 Å². The lowest BCUT2D eigenvalue weighted by molar-refractivity contribution is 0.666. The van der Waals surface area contributed by atoms with E-state index >= 15 is 0 Å². The van der Waals surface area contributed by atoms with Gasteiger partial charge in [0.25, 0.3) is 0 Å². The fraction of sp³-hybridized carbons (Fsp3) is 0. The Bertz CT molecular complexity index is 4230. The van der Waals surface area contributed by atoms with E-state index in [1.54, 1.807) is 11.3 Å². The second kappa shape index (κ2) is 12.6.